The van der Waals surface area contributed by atoms with Gasteiger partial charge in [-0.25, -0.2) is 9.97 Å². The average Bonchev–Trinajstić information content (AvgIpc) is 3.33. The number of ether oxygens (including phenoxy) is 1. The smallest absolute Gasteiger partial charge is 0.129 e. The summed E-state index contributed by atoms with van der Waals surface area (Å²) in [7, 11) is 0. The minimum absolute atomic E-state index is 0.233. The van der Waals surface area contributed by atoms with Gasteiger partial charge in [-0.1, -0.05) is 43.2 Å². The van der Waals surface area contributed by atoms with Crippen molar-refractivity contribution in [1.82, 2.24) is 9.97 Å². The maximum Gasteiger partial charge on any atom is 0.129 e. The largest absolute Gasteiger partial charge is 0.381 e. The highest BCUT2D eigenvalue weighted by Gasteiger charge is 2.35. The van der Waals surface area contributed by atoms with Crippen molar-refractivity contribution in [3.63, 3.8) is 0 Å². The van der Waals surface area contributed by atoms with Gasteiger partial charge in [0.25, 0.3) is 0 Å². The predicted octanol–water partition coefficient (Wildman–Crippen LogP) is 4.21. The van der Waals surface area contributed by atoms with E-state index in [2.05, 4.69) is 51.7 Å². The molecule has 0 amide bonds. The van der Waals surface area contributed by atoms with Gasteiger partial charge in [0.05, 0.1) is 12.3 Å². The van der Waals surface area contributed by atoms with Crippen LogP contribution in [0.2, 0.25) is 0 Å². The van der Waals surface area contributed by atoms with E-state index in [-0.39, 0.29) is 5.41 Å². The van der Waals surface area contributed by atoms with Gasteiger partial charge in [0.15, 0.2) is 0 Å². The predicted molar refractivity (Wildman–Crippen MR) is 100 cm³/mol. The second kappa shape index (κ2) is 7.12. The molecular weight excluding hydrogens is 310 g/mol. The summed E-state index contributed by atoms with van der Waals surface area (Å²) in [5.41, 5.74) is 2.80. The van der Waals surface area contributed by atoms with Crippen LogP contribution in [0.5, 0.6) is 0 Å². The number of nitrogens with one attached hydrogen (secondary N) is 1. The Bertz CT molecular complexity index is 704. The zero-order valence-electron chi connectivity index (χ0n) is 15.0. The molecule has 4 nitrogen and oxygen atoms in total. The molecule has 25 heavy (non-hydrogen) atoms. The molecule has 0 spiro atoms. The minimum atomic E-state index is 0.233. The molecule has 1 aliphatic carbocycles. The highest BCUT2D eigenvalue weighted by molar-refractivity contribution is 5.40. The lowest BCUT2D eigenvalue weighted by atomic mass is 9.79. The molecule has 1 aliphatic heterocycles. The minimum Gasteiger partial charge on any atom is -0.381 e. The van der Waals surface area contributed by atoms with Crippen molar-refractivity contribution in [3.8, 4) is 0 Å². The van der Waals surface area contributed by atoms with Crippen molar-refractivity contribution in [1.29, 1.82) is 0 Å². The molecule has 1 atom stereocenters. The van der Waals surface area contributed by atoms with Crippen molar-refractivity contribution in [3.05, 3.63) is 53.5 Å². The molecule has 1 saturated carbocycles. The van der Waals surface area contributed by atoms with E-state index < -0.39 is 0 Å². The van der Waals surface area contributed by atoms with E-state index in [0.29, 0.717) is 5.92 Å². The molecule has 2 heterocycles. The summed E-state index contributed by atoms with van der Waals surface area (Å²) in [4.78, 5) is 9.27. The first kappa shape index (κ1) is 16.5. The Hall–Kier alpha value is -1.94. The fourth-order valence-electron chi connectivity index (χ4n) is 4.33. The van der Waals surface area contributed by atoms with Gasteiger partial charge >= 0.3 is 0 Å². The summed E-state index contributed by atoms with van der Waals surface area (Å²) < 4.78 is 5.53. The van der Waals surface area contributed by atoms with Crippen LogP contribution in [-0.4, -0.2) is 29.7 Å². The third-order valence-electron chi connectivity index (χ3n) is 5.76. The third-order valence-corrected chi connectivity index (χ3v) is 5.76. The highest BCUT2D eigenvalue weighted by atomic mass is 16.5. The van der Waals surface area contributed by atoms with Crippen LogP contribution in [0.4, 0.5) is 5.82 Å². The molecule has 132 valence electrons. The van der Waals surface area contributed by atoms with Crippen LogP contribution in [0, 0.1) is 6.92 Å². The maximum atomic E-state index is 5.53. The first-order chi connectivity index (χ1) is 12.3. The van der Waals surface area contributed by atoms with Gasteiger partial charge in [0.2, 0.25) is 0 Å². The number of hydrogen-bond acceptors (Lipinski definition) is 4. The van der Waals surface area contributed by atoms with Crippen LogP contribution in [0.15, 0.2) is 36.4 Å². The van der Waals surface area contributed by atoms with E-state index >= 15 is 0 Å². The molecule has 1 aromatic heterocycles. The summed E-state index contributed by atoms with van der Waals surface area (Å²) in [6, 6.07) is 13.1. The van der Waals surface area contributed by atoms with Crippen molar-refractivity contribution in [2.75, 3.05) is 25.1 Å². The van der Waals surface area contributed by atoms with Crippen molar-refractivity contribution < 1.29 is 4.74 Å². The summed E-state index contributed by atoms with van der Waals surface area (Å²) in [6.45, 7) is 4.54. The van der Waals surface area contributed by atoms with E-state index in [1.54, 1.807) is 0 Å². The molecule has 4 heteroatoms. The molecule has 4 rings (SSSR count). The zero-order chi connectivity index (χ0) is 17.1. The van der Waals surface area contributed by atoms with Gasteiger partial charge in [0.1, 0.15) is 11.6 Å². The van der Waals surface area contributed by atoms with E-state index in [1.165, 1.54) is 31.2 Å². The fourth-order valence-corrected chi connectivity index (χ4v) is 4.33. The fraction of sp³-hybridized carbons (Fsp3) is 0.524. The Labute approximate surface area is 150 Å². The first-order valence-corrected chi connectivity index (χ1v) is 9.48. The number of aryl methyl sites for hydroxylation is 1. The summed E-state index contributed by atoms with van der Waals surface area (Å²) >= 11 is 0. The second-order valence-electron chi connectivity index (χ2n) is 7.49. The quantitative estimate of drug-likeness (QED) is 0.888. The normalized spacial score (nSPS) is 22.2. The molecule has 0 bridgehead atoms. The van der Waals surface area contributed by atoms with Gasteiger partial charge in [-0.05, 0) is 31.7 Å². The Morgan fingerprint density at radius 3 is 2.68 bits per heavy atom. The summed E-state index contributed by atoms with van der Waals surface area (Å²) in [5.74, 6) is 2.21. The molecule has 1 N–H and O–H groups in total. The van der Waals surface area contributed by atoms with Crippen LogP contribution in [0.1, 0.15) is 55.1 Å². The molecule has 1 unspecified atom stereocenters. The highest BCUT2D eigenvalue weighted by Crippen LogP contribution is 2.41. The standard InChI is InChI=1S/C21H27N3O/c1-16-23-19(17-9-12-25-14-17)13-20(24-16)22-15-21(10-5-6-11-21)18-7-3-2-4-8-18/h2-4,7-8,13,17H,5-6,9-12,14-15H2,1H3,(H,22,23,24). The van der Waals surface area contributed by atoms with Crippen molar-refractivity contribution in [2.45, 2.75) is 50.4 Å². The number of nitrogens with zero attached hydrogens (tertiary/aromatic N) is 2. The topological polar surface area (TPSA) is 47.0 Å². The first-order valence-electron chi connectivity index (χ1n) is 9.48. The molecule has 2 aliphatic rings. The lowest BCUT2D eigenvalue weighted by Gasteiger charge is -2.30. The Balaban J connectivity index is 1.53. The van der Waals surface area contributed by atoms with Gasteiger partial charge in [-0.15, -0.1) is 0 Å². The second-order valence-corrected chi connectivity index (χ2v) is 7.49. The van der Waals surface area contributed by atoms with E-state index in [0.717, 1.165) is 43.5 Å². The number of aromatic nitrogens is 2. The van der Waals surface area contributed by atoms with Gasteiger partial charge in [0, 0.05) is 30.6 Å². The average molecular weight is 337 g/mol. The van der Waals surface area contributed by atoms with Gasteiger partial charge in [-0.3, -0.25) is 0 Å². The van der Waals surface area contributed by atoms with Crippen LogP contribution in [0.3, 0.4) is 0 Å². The molecule has 2 fully saturated rings. The summed E-state index contributed by atoms with van der Waals surface area (Å²) in [6.07, 6.45) is 6.17. The number of hydrogen-bond donors (Lipinski definition) is 1. The third kappa shape index (κ3) is 3.54. The van der Waals surface area contributed by atoms with Crippen molar-refractivity contribution in [2.24, 2.45) is 0 Å². The molecule has 0 radical (unpaired) electrons. The molecule has 1 aromatic carbocycles. The van der Waals surface area contributed by atoms with Crippen LogP contribution < -0.4 is 5.32 Å². The lowest BCUT2D eigenvalue weighted by Crippen LogP contribution is -2.31. The van der Waals surface area contributed by atoms with E-state index in [4.69, 9.17) is 4.74 Å². The van der Waals surface area contributed by atoms with Crippen LogP contribution in [0.25, 0.3) is 0 Å². The Morgan fingerprint density at radius 1 is 1.16 bits per heavy atom. The van der Waals surface area contributed by atoms with Gasteiger partial charge in [-0.2, -0.15) is 0 Å². The van der Waals surface area contributed by atoms with E-state index in [1.807, 2.05) is 6.92 Å². The van der Waals surface area contributed by atoms with Crippen LogP contribution >= 0.6 is 0 Å². The van der Waals surface area contributed by atoms with E-state index in [9.17, 15) is 0 Å². The zero-order valence-corrected chi connectivity index (χ0v) is 15.0. The van der Waals surface area contributed by atoms with Gasteiger partial charge < -0.3 is 10.1 Å². The molecular formula is C21H27N3O. The Kier molecular flexibility index (Phi) is 4.71. The van der Waals surface area contributed by atoms with Crippen molar-refractivity contribution >= 4 is 5.82 Å². The Morgan fingerprint density at radius 2 is 1.96 bits per heavy atom. The van der Waals surface area contributed by atoms with Crippen LogP contribution in [-0.2, 0) is 10.2 Å². The molecule has 2 aromatic rings. The number of rotatable bonds is 5. The number of benzene rings is 1. The number of anilines is 1. The molecule has 1 saturated heterocycles. The lowest BCUT2D eigenvalue weighted by molar-refractivity contribution is 0.193. The monoisotopic (exact) mass is 337 g/mol. The maximum absolute atomic E-state index is 5.53. The SMILES string of the molecule is Cc1nc(NCC2(c3ccccc3)CCCC2)cc(C2CCOC2)n1. The summed E-state index contributed by atoms with van der Waals surface area (Å²) in [5, 5.41) is 3.64.